The summed E-state index contributed by atoms with van der Waals surface area (Å²) in [7, 11) is 0. The molecule has 1 N–H and O–H groups in total. The number of hydrogen-bond donors (Lipinski definition) is 1. The van der Waals surface area contributed by atoms with Crippen LogP contribution < -0.4 is 5.32 Å². The highest BCUT2D eigenvalue weighted by Crippen LogP contribution is 2.20. The Labute approximate surface area is 123 Å². The predicted octanol–water partition coefficient (Wildman–Crippen LogP) is 3.07. The summed E-state index contributed by atoms with van der Waals surface area (Å²) in [6.45, 7) is 4.79. The summed E-state index contributed by atoms with van der Waals surface area (Å²) in [5, 5.41) is 7.54. The number of rotatable bonds is 4. The van der Waals surface area contributed by atoms with Crippen molar-refractivity contribution in [1.29, 1.82) is 0 Å². The molecule has 0 aliphatic heterocycles. The highest BCUT2D eigenvalue weighted by atomic mass is 15.3. The van der Waals surface area contributed by atoms with Crippen molar-refractivity contribution in [3.8, 4) is 16.9 Å². The van der Waals surface area contributed by atoms with Crippen LogP contribution in [-0.2, 0) is 0 Å². The van der Waals surface area contributed by atoms with Gasteiger partial charge in [0.2, 0.25) is 5.95 Å². The van der Waals surface area contributed by atoms with Crippen molar-refractivity contribution in [1.82, 2.24) is 19.7 Å². The second-order valence-electron chi connectivity index (χ2n) is 4.77. The van der Waals surface area contributed by atoms with Crippen molar-refractivity contribution in [3.05, 3.63) is 54.5 Å². The SMILES string of the molecule is CCNc1ncc(C)c(-n2cc(-c3ccccc3)cn2)n1. The van der Waals surface area contributed by atoms with Gasteiger partial charge in [-0.1, -0.05) is 30.3 Å². The first-order valence-electron chi connectivity index (χ1n) is 6.96. The predicted molar refractivity (Wildman–Crippen MR) is 83.5 cm³/mol. The quantitative estimate of drug-likeness (QED) is 0.797. The highest BCUT2D eigenvalue weighted by Gasteiger charge is 2.08. The molecule has 5 heteroatoms. The van der Waals surface area contributed by atoms with Crippen LogP contribution in [0.3, 0.4) is 0 Å². The molecule has 0 unspecified atom stereocenters. The van der Waals surface area contributed by atoms with Crippen LogP contribution in [0.2, 0.25) is 0 Å². The molecule has 0 atom stereocenters. The Balaban J connectivity index is 1.98. The first kappa shape index (κ1) is 13.3. The van der Waals surface area contributed by atoms with E-state index in [-0.39, 0.29) is 0 Å². The highest BCUT2D eigenvalue weighted by molar-refractivity contribution is 5.62. The van der Waals surface area contributed by atoms with Gasteiger partial charge in [-0.25, -0.2) is 9.67 Å². The maximum atomic E-state index is 4.52. The first-order chi connectivity index (χ1) is 10.3. The third kappa shape index (κ3) is 2.76. The van der Waals surface area contributed by atoms with Crippen LogP contribution in [-0.4, -0.2) is 26.3 Å². The maximum Gasteiger partial charge on any atom is 0.224 e. The third-order valence-corrected chi connectivity index (χ3v) is 3.19. The summed E-state index contributed by atoms with van der Waals surface area (Å²) in [5.41, 5.74) is 3.19. The van der Waals surface area contributed by atoms with Crippen LogP contribution in [0, 0.1) is 6.92 Å². The van der Waals surface area contributed by atoms with Crippen LogP contribution >= 0.6 is 0 Å². The van der Waals surface area contributed by atoms with Gasteiger partial charge in [0.15, 0.2) is 5.82 Å². The largest absolute Gasteiger partial charge is 0.354 e. The number of anilines is 1. The lowest BCUT2D eigenvalue weighted by molar-refractivity contribution is 0.829. The fourth-order valence-corrected chi connectivity index (χ4v) is 2.13. The van der Waals surface area contributed by atoms with Crippen molar-refractivity contribution >= 4 is 5.95 Å². The molecule has 0 aliphatic rings. The maximum absolute atomic E-state index is 4.52. The normalized spacial score (nSPS) is 10.6. The number of nitrogens with one attached hydrogen (secondary N) is 1. The van der Waals surface area contributed by atoms with E-state index in [1.807, 2.05) is 50.6 Å². The smallest absolute Gasteiger partial charge is 0.224 e. The summed E-state index contributed by atoms with van der Waals surface area (Å²) in [5.74, 6) is 1.41. The van der Waals surface area contributed by atoms with E-state index < -0.39 is 0 Å². The summed E-state index contributed by atoms with van der Waals surface area (Å²) < 4.78 is 1.79. The van der Waals surface area contributed by atoms with Crippen LogP contribution in [0.5, 0.6) is 0 Å². The summed E-state index contributed by atoms with van der Waals surface area (Å²) >= 11 is 0. The molecule has 0 fully saturated rings. The molecular weight excluding hydrogens is 262 g/mol. The number of hydrogen-bond acceptors (Lipinski definition) is 4. The van der Waals surface area contributed by atoms with Crippen molar-refractivity contribution in [2.75, 3.05) is 11.9 Å². The van der Waals surface area contributed by atoms with E-state index in [2.05, 4.69) is 32.5 Å². The lowest BCUT2D eigenvalue weighted by atomic mass is 10.1. The lowest BCUT2D eigenvalue weighted by Gasteiger charge is -2.07. The molecule has 0 amide bonds. The minimum absolute atomic E-state index is 0.620. The molecule has 5 nitrogen and oxygen atoms in total. The van der Waals surface area contributed by atoms with Gasteiger partial charge in [-0.05, 0) is 19.4 Å². The third-order valence-electron chi connectivity index (χ3n) is 3.19. The van der Waals surface area contributed by atoms with Crippen molar-refractivity contribution in [3.63, 3.8) is 0 Å². The van der Waals surface area contributed by atoms with Gasteiger partial charge in [-0.3, -0.25) is 0 Å². The van der Waals surface area contributed by atoms with Crippen molar-refractivity contribution in [2.24, 2.45) is 0 Å². The molecule has 0 saturated heterocycles. The first-order valence-corrected chi connectivity index (χ1v) is 6.96. The van der Waals surface area contributed by atoms with E-state index in [0.29, 0.717) is 5.95 Å². The zero-order valence-electron chi connectivity index (χ0n) is 12.1. The average molecular weight is 279 g/mol. The summed E-state index contributed by atoms with van der Waals surface area (Å²) in [6, 6.07) is 10.2. The van der Waals surface area contributed by atoms with Gasteiger partial charge in [0.1, 0.15) is 0 Å². The van der Waals surface area contributed by atoms with Crippen LogP contribution in [0.15, 0.2) is 48.9 Å². The molecule has 1 aromatic carbocycles. The van der Waals surface area contributed by atoms with Crippen molar-refractivity contribution < 1.29 is 0 Å². The van der Waals surface area contributed by atoms with E-state index in [1.165, 1.54) is 0 Å². The molecule has 0 radical (unpaired) electrons. The molecule has 0 aliphatic carbocycles. The number of benzene rings is 1. The van der Waals surface area contributed by atoms with E-state index in [9.17, 15) is 0 Å². The number of nitrogens with zero attached hydrogens (tertiary/aromatic N) is 4. The average Bonchev–Trinajstić information content (AvgIpc) is 3.00. The van der Waals surface area contributed by atoms with Gasteiger partial charge < -0.3 is 5.32 Å². The second-order valence-corrected chi connectivity index (χ2v) is 4.77. The molecule has 2 aromatic heterocycles. The zero-order chi connectivity index (χ0) is 14.7. The Kier molecular flexibility index (Phi) is 3.64. The Morgan fingerprint density at radius 1 is 1.10 bits per heavy atom. The summed E-state index contributed by atoms with van der Waals surface area (Å²) in [6.07, 6.45) is 5.65. The van der Waals surface area contributed by atoms with Gasteiger partial charge in [-0.2, -0.15) is 10.1 Å². The van der Waals surface area contributed by atoms with Gasteiger partial charge in [0.25, 0.3) is 0 Å². The van der Waals surface area contributed by atoms with Crippen LogP contribution in [0.4, 0.5) is 5.95 Å². The zero-order valence-corrected chi connectivity index (χ0v) is 12.1. The van der Waals surface area contributed by atoms with E-state index in [1.54, 1.807) is 4.68 Å². The van der Waals surface area contributed by atoms with E-state index in [4.69, 9.17) is 0 Å². The number of aryl methyl sites for hydroxylation is 1. The van der Waals surface area contributed by atoms with Crippen LogP contribution in [0.1, 0.15) is 12.5 Å². The Morgan fingerprint density at radius 2 is 1.90 bits per heavy atom. The molecular formula is C16H17N5. The van der Waals surface area contributed by atoms with Gasteiger partial charge in [0, 0.05) is 30.1 Å². The topological polar surface area (TPSA) is 55.6 Å². The minimum atomic E-state index is 0.620. The molecule has 0 bridgehead atoms. The standard InChI is InChI=1S/C16H17N5/c1-3-17-16-18-9-12(2)15(20-16)21-11-14(10-19-21)13-7-5-4-6-8-13/h4-11H,3H2,1-2H3,(H,17,18,20). The van der Waals surface area contributed by atoms with Gasteiger partial charge in [0.05, 0.1) is 6.20 Å². The molecule has 21 heavy (non-hydrogen) atoms. The number of aromatic nitrogens is 4. The molecule has 0 spiro atoms. The fraction of sp³-hybridized carbons (Fsp3) is 0.188. The summed E-state index contributed by atoms with van der Waals surface area (Å²) in [4.78, 5) is 8.77. The Hall–Kier alpha value is -2.69. The second kappa shape index (κ2) is 5.75. The van der Waals surface area contributed by atoms with Crippen molar-refractivity contribution in [2.45, 2.75) is 13.8 Å². The lowest BCUT2D eigenvalue weighted by Crippen LogP contribution is -2.07. The molecule has 3 rings (SSSR count). The van der Waals surface area contributed by atoms with E-state index in [0.717, 1.165) is 29.1 Å². The molecule has 3 aromatic rings. The molecule has 2 heterocycles. The minimum Gasteiger partial charge on any atom is -0.354 e. The Bertz CT molecular complexity index is 733. The van der Waals surface area contributed by atoms with E-state index >= 15 is 0 Å². The van der Waals surface area contributed by atoms with Gasteiger partial charge >= 0.3 is 0 Å². The Morgan fingerprint density at radius 3 is 2.67 bits per heavy atom. The fourth-order valence-electron chi connectivity index (χ4n) is 2.13. The molecule has 0 saturated carbocycles. The van der Waals surface area contributed by atoms with Gasteiger partial charge in [-0.15, -0.1) is 0 Å². The molecule has 106 valence electrons. The monoisotopic (exact) mass is 279 g/mol. The van der Waals surface area contributed by atoms with Crippen LogP contribution in [0.25, 0.3) is 16.9 Å².